The molecule has 1 aromatic heterocycles. The van der Waals surface area contributed by atoms with Crippen LogP contribution in [0.4, 0.5) is 0 Å². The van der Waals surface area contributed by atoms with Crippen LogP contribution in [0.15, 0.2) is 28.8 Å². The van der Waals surface area contributed by atoms with Gasteiger partial charge in [0.25, 0.3) is 0 Å². The van der Waals surface area contributed by atoms with Crippen molar-refractivity contribution >= 4 is 29.0 Å². The fraction of sp³-hybridized carbons (Fsp3) is 0.444. The molecule has 0 aliphatic carbocycles. The second-order valence-electron chi connectivity index (χ2n) is 6.11. The van der Waals surface area contributed by atoms with Gasteiger partial charge in [-0.25, -0.2) is 0 Å². The average Bonchev–Trinajstić information content (AvgIpc) is 3.28. The Balaban J connectivity index is 1.44. The van der Waals surface area contributed by atoms with Crippen molar-refractivity contribution in [2.45, 2.75) is 32.5 Å². The Kier molecular flexibility index (Phi) is 6.48. The number of hydrogen-bond donors (Lipinski definition) is 0. The zero-order chi connectivity index (χ0) is 17.6. The highest BCUT2D eigenvalue weighted by Gasteiger charge is 2.19. The molecule has 0 N–H and O–H groups in total. The second kappa shape index (κ2) is 8.81. The molecule has 1 aromatic carbocycles. The third kappa shape index (κ3) is 5.28. The van der Waals surface area contributed by atoms with E-state index in [1.165, 1.54) is 0 Å². The SMILES string of the molecule is O=C(CCC1CCOC1)c1cc(COCc2ccc(Cl)c(Cl)c2)on1. The van der Waals surface area contributed by atoms with Gasteiger partial charge in [0.05, 0.1) is 16.7 Å². The van der Waals surface area contributed by atoms with Gasteiger partial charge < -0.3 is 14.0 Å². The third-order valence-corrected chi connectivity index (χ3v) is 4.88. The van der Waals surface area contributed by atoms with Gasteiger partial charge in [-0.2, -0.15) is 0 Å². The Morgan fingerprint density at radius 2 is 2.12 bits per heavy atom. The number of benzene rings is 1. The van der Waals surface area contributed by atoms with E-state index < -0.39 is 0 Å². The van der Waals surface area contributed by atoms with Crippen LogP contribution in [0.2, 0.25) is 10.0 Å². The smallest absolute Gasteiger partial charge is 0.184 e. The number of hydrogen-bond acceptors (Lipinski definition) is 5. The van der Waals surface area contributed by atoms with E-state index in [0.717, 1.165) is 31.6 Å². The number of ether oxygens (including phenoxy) is 2. The molecule has 1 aliphatic heterocycles. The maximum Gasteiger partial charge on any atom is 0.184 e. The lowest BCUT2D eigenvalue weighted by molar-refractivity contribution is 0.0879. The Hall–Kier alpha value is -1.40. The van der Waals surface area contributed by atoms with Crippen LogP contribution in [0.1, 0.15) is 41.1 Å². The minimum atomic E-state index is -0.00798. The number of ketones is 1. The molecule has 2 aromatic rings. The topological polar surface area (TPSA) is 61.6 Å². The molecular formula is C18H19Cl2NO4. The molecule has 1 fully saturated rings. The lowest BCUT2D eigenvalue weighted by Gasteiger charge is -2.04. The summed E-state index contributed by atoms with van der Waals surface area (Å²) in [6.07, 6.45) is 2.32. The molecule has 1 saturated heterocycles. The van der Waals surface area contributed by atoms with Crippen LogP contribution in [0.3, 0.4) is 0 Å². The highest BCUT2D eigenvalue weighted by molar-refractivity contribution is 6.42. The van der Waals surface area contributed by atoms with E-state index in [9.17, 15) is 4.79 Å². The van der Waals surface area contributed by atoms with E-state index in [4.69, 9.17) is 37.2 Å². The lowest BCUT2D eigenvalue weighted by atomic mass is 10.00. The van der Waals surface area contributed by atoms with E-state index in [2.05, 4.69) is 5.16 Å². The van der Waals surface area contributed by atoms with Crippen LogP contribution in [0.5, 0.6) is 0 Å². The van der Waals surface area contributed by atoms with Crippen molar-refractivity contribution in [3.05, 3.63) is 51.3 Å². The third-order valence-electron chi connectivity index (χ3n) is 4.15. The molecule has 1 atom stereocenters. The lowest BCUT2D eigenvalue weighted by Crippen LogP contribution is -2.05. The summed E-state index contributed by atoms with van der Waals surface area (Å²) >= 11 is 11.8. The van der Waals surface area contributed by atoms with E-state index in [0.29, 0.717) is 40.4 Å². The van der Waals surface area contributed by atoms with Crippen LogP contribution in [-0.2, 0) is 22.7 Å². The van der Waals surface area contributed by atoms with Gasteiger partial charge in [-0.15, -0.1) is 0 Å². The van der Waals surface area contributed by atoms with Crippen LogP contribution < -0.4 is 0 Å². The van der Waals surface area contributed by atoms with Gasteiger partial charge in [0.2, 0.25) is 0 Å². The highest BCUT2D eigenvalue weighted by atomic mass is 35.5. The molecule has 25 heavy (non-hydrogen) atoms. The monoisotopic (exact) mass is 383 g/mol. The summed E-state index contributed by atoms with van der Waals surface area (Å²) in [6.45, 7) is 2.14. The largest absolute Gasteiger partial charge is 0.381 e. The van der Waals surface area contributed by atoms with E-state index >= 15 is 0 Å². The van der Waals surface area contributed by atoms with Gasteiger partial charge in [0, 0.05) is 25.7 Å². The molecule has 0 amide bonds. The van der Waals surface area contributed by atoms with Crippen LogP contribution in [0, 0.1) is 5.92 Å². The standard InChI is InChI=1S/C18H19Cl2NO4/c19-15-3-1-13(7-16(15)20)10-24-11-14-8-17(21-25-14)18(22)4-2-12-5-6-23-9-12/h1,3,7-8,12H,2,4-6,9-11H2. The number of halogens is 2. The molecule has 2 heterocycles. The Bertz CT molecular complexity index is 726. The second-order valence-corrected chi connectivity index (χ2v) is 6.93. The Morgan fingerprint density at radius 3 is 2.88 bits per heavy atom. The van der Waals surface area contributed by atoms with Crippen LogP contribution >= 0.6 is 23.2 Å². The zero-order valence-corrected chi connectivity index (χ0v) is 15.2. The van der Waals surface area contributed by atoms with Crippen molar-refractivity contribution in [1.82, 2.24) is 5.16 Å². The molecule has 0 spiro atoms. The molecule has 7 heteroatoms. The first kappa shape index (κ1) is 18.4. The fourth-order valence-corrected chi connectivity index (χ4v) is 3.01. The molecule has 1 aliphatic rings. The summed E-state index contributed by atoms with van der Waals surface area (Å²) in [5, 5.41) is 4.83. The highest BCUT2D eigenvalue weighted by Crippen LogP contribution is 2.23. The number of Topliss-reactive ketones (excluding diaryl/α,β-unsaturated/α-hetero) is 1. The first-order valence-electron chi connectivity index (χ1n) is 8.20. The molecule has 0 bridgehead atoms. The number of rotatable bonds is 8. The molecule has 0 radical (unpaired) electrons. The van der Waals surface area contributed by atoms with E-state index in [-0.39, 0.29) is 12.4 Å². The van der Waals surface area contributed by atoms with Gasteiger partial charge in [0.15, 0.2) is 11.5 Å². The van der Waals surface area contributed by atoms with Gasteiger partial charge in [-0.1, -0.05) is 34.4 Å². The predicted molar refractivity (Wildman–Crippen MR) is 93.9 cm³/mol. The Labute approximate surface area is 156 Å². The molecular weight excluding hydrogens is 365 g/mol. The predicted octanol–water partition coefficient (Wildman–Crippen LogP) is 4.70. The molecule has 5 nitrogen and oxygen atoms in total. The van der Waals surface area contributed by atoms with Gasteiger partial charge >= 0.3 is 0 Å². The fourth-order valence-electron chi connectivity index (χ4n) is 2.69. The van der Waals surface area contributed by atoms with Gasteiger partial charge in [0.1, 0.15) is 12.3 Å². The first-order chi connectivity index (χ1) is 12.1. The summed E-state index contributed by atoms with van der Waals surface area (Å²) in [7, 11) is 0. The van der Waals surface area contributed by atoms with E-state index in [1.54, 1.807) is 18.2 Å². The van der Waals surface area contributed by atoms with Gasteiger partial charge in [-0.3, -0.25) is 4.79 Å². The van der Waals surface area contributed by atoms with Crippen LogP contribution in [0.25, 0.3) is 0 Å². The molecule has 3 rings (SSSR count). The summed E-state index contributed by atoms with van der Waals surface area (Å²) < 4.78 is 16.1. The summed E-state index contributed by atoms with van der Waals surface area (Å²) in [5.74, 6) is 0.990. The van der Waals surface area contributed by atoms with E-state index in [1.807, 2.05) is 6.07 Å². The Morgan fingerprint density at radius 1 is 1.24 bits per heavy atom. The van der Waals surface area contributed by atoms with Crippen molar-refractivity contribution in [3.63, 3.8) is 0 Å². The number of aromatic nitrogens is 1. The number of nitrogens with zero attached hydrogens (tertiary/aromatic N) is 1. The van der Waals surface area contributed by atoms with Crippen molar-refractivity contribution in [2.75, 3.05) is 13.2 Å². The van der Waals surface area contributed by atoms with Crippen molar-refractivity contribution in [3.8, 4) is 0 Å². The number of carbonyl (C=O) groups excluding carboxylic acids is 1. The molecule has 1 unspecified atom stereocenters. The zero-order valence-electron chi connectivity index (χ0n) is 13.7. The maximum atomic E-state index is 12.1. The van der Waals surface area contributed by atoms with Crippen LogP contribution in [-0.4, -0.2) is 24.2 Å². The maximum absolute atomic E-state index is 12.1. The van der Waals surface area contributed by atoms with Gasteiger partial charge in [-0.05, 0) is 36.5 Å². The first-order valence-corrected chi connectivity index (χ1v) is 8.95. The summed E-state index contributed by atoms with van der Waals surface area (Å²) in [4.78, 5) is 12.1. The molecule has 0 saturated carbocycles. The van der Waals surface area contributed by atoms with Crippen molar-refractivity contribution < 1.29 is 18.8 Å². The van der Waals surface area contributed by atoms with Crippen molar-refractivity contribution in [1.29, 1.82) is 0 Å². The van der Waals surface area contributed by atoms with Crippen molar-refractivity contribution in [2.24, 2.45) is 5.92 Å². The quantitative estimate of drug-likeness (QED) is 0.618. The minimum absolute atomic E-state index is 0.00798. The normalized spacial score (nSPS) is 17.1. The number of carbonyl (C=O) groups is 1. The molecule has 134 valence electrons. The average molecular weight is 384 g/mol. The summed E-state index contributed by atoms with van der Waals surface area (Å²) in [6, 6.07) is 6.97. The summed E-state index contributed by atoms with van der Waals surface area (Å²) in [5.41, 5.74) is 1.26. The minimum Gasteiger partial charge on any atom is -0.381 e.